The number of ether oxygens (including phenoxy) is 1. The third kappa shape index (κ3) is 3.08. The van der Waals surface area contributed by atoms with Gasteiger partial charge in [-0.3, -0.25) is 4.98 Å². The molecule has 0 saturated carbocycles. The SMILES string of the molecule is COC(=O)c1cc(-c2cccc3ccccc23)nc(C)c1-c1ccccc1. The van der Waals surface area contributed by atoms with Gasteiger partial charge in [-0.05, 0) is 29.3 Å². The first kappa shape index (κ1) is 17.0. The van der Waals surface area contributed by atoms with E-state index in [1.807, 2.05) is 67.6 Å². The van der Waals surface area contributed by atoms with Crippen molar-refractivity contribution in [3.8, 4) is 22.4 Å². The Kier molecular flexibility index (Phi) is 4.43. The summed E-state index contributed by atoms with van der Waals surface area (Å²) in [5.74, 6) is -0.360. The van der Waals surface area contributed by atoms with Crippen molar-refractivity contribution in [2.45, 2.75) is 6.92 Å². The van der Waals surface area contributed by atoms with Crippen LogP contribution >= 0.6 is 0 Å². The highest BCUT2D eigenvalue weighted by Gasteiger charge is 2.19. The molecule has 0 radical (unpaired) electrons. The molecular formula is C24H19NO2. The summed E-state index contributed by atoms with van der Waals surface area (Å²) in [5.41, 5.74) is 4.86. The minimum Gasteiger partial charge on any atom is -0.465 e. The van der Waals surface area contributed by atoms with E-state index >= 15 is 0 Å². The molecule has 0 aliphatic carbocycles. The molecule has 1 heterocycles. The number of pyridine rings is 1. The van der Waals surface area contributed by atoms with Gasteiger partial charge in [-0.15, -0.1) is 0 Å². The van der Waals surface area contributed by atoms with Gasteiger partial charge in [0.1, 0.15) is 0 Å². The van der Waals surface area contributed by atoms with E-state index in [9.17, 15) is 4.79 Å². The molecular weight excluding hydrogens is 334 g/mol. The number of aromatic nitrogens is 1. The number of carbonyl (C=O) groups is 1. The van der Waals surface area contributed by atoms with Gasteiger partial charge in [-0.25, -0.2) is 4.79 Å². The molecule has 0 fully saturated rings. The average molecular weight is 353 g/mol. The number of hydrogen-bond donors (Lipinski definition) is 0. The van der Waals surface area contributed by atoms with Crippen LogP contribution in [0.5, 0.6) is 0 Å². The second-order valence-electron chi connectivity index (χ2n) is 6.40. The molecule has 3 nitrogen and oxygen atoms in total. The maximum absolute atomic E-state index is 12.6. The molecule has 27 heavy (non-hydrogen) atoms. The molecule has 0 amide bonds. The van der Waals surface area contributed by atoms with Gasteiger partial charge in [0.25, 0.3) is 0 Å². The number of benzene rings is 3. The van der Waals surface area contributed by atoms with Crippen LogP contribution in [0.4, 0.5) is 0 Å². The third-order valence-electron chi connectivity index (χ3n) is 4.73. The van der Waals surface area contributed by atoms with Gasteiger partial charge in [0.2, 0.25) is 0 Å². The maximum Gasteiger partial charge on any atom is 0.338 e. The molecule has 3 heteroatoms. The van der Waals surface area contributed by atoms with Gasteiger partial charge in [-0.2, -0.15) is 0 Å². The molecule has 0 saturated heterocycles. The predicted molar refractivity (Wildman–Crippen MR) is 109 cm³/mol. The van der Waals surface area contributed by atoms with Crippen molar-refractivity contribution in [2.75, 3.05) is 7.11 Å². The van der Waals surface area contributed by atoms with Crippen molar-refractivity contribution in [1.82, 2.24) is 4.98 Å². The second kappa shape index (κ2) is 7.04. The quantitative estimate of drug-likeness (QED) is 0.446. The molecule has 3 aromatic carbocycles. The van der Waals surface area contributed by atoms with Crippen molar-refractivity contribution >= 4 is 16.7 Å². The average Bonchev–Trinajstić information content (AvgIpc) is 2.72. The molecule has 0 unspecified atom stereocenters. The van der Waals surface area contributed by atoms with Crippen molar-refractivity contribution < 1.29 is 9.53 Å². The molecule has 4 rings (SSSR count). The number of rotatable bonds is 3. The largest absolute Gasteiger partial charge is 0.465 e. The summed E-state index contributed by atoms with van der Waals surface area (Å²) in [6.45, 7) is 1.93. The lowest BCUT2D eigenvalue weighted by molar-refractivity contribution is 0.0601. The Balaban J connectivity index is 1.99. The molecule has 132 valence electrons. The summed E-state index contributed by atoms with van der Waals surface area (Å²) in [4.78, 5) is 17.4. The molecule has 0 aliphatic rings. The summed E-state index contributed by atoms with van der Waals surface area (Å²) in [7, 11) is 1.41. The number of carbonyl (C=O) groups excluding carboxylic acids is 1. The Morgan fingerprint density at radius 1 is 0.889 bits per heavy atom. The van der Waals surface area contributed by atoms with Crippen LogP contribution in [0.25, 0.3) is 33.2 Å². The monoisotopic (exact) mass is 353 g/mol. The fourth-order valence-electron chi connectivity index (χ4n) is 3.50. The van der Waals surface area contributed by atoms with E-state index in [1.54, 1.807) is 0 Å². The number of fused-ring (bicyclic) bond motifs is 1. The van der Waals surface area contributed by atoms with Crippen LogP contribution in [0.3, 0.4) is 0 Å². The van der Waals surface area contributed by atoms with Gasteiger partial charge >= 0.3 is 5.97 Å². The lowest BCUT2D eigenvalue weighted by atomic mass is 9.95. The number of aryl methyl sites for hydroxylation is 1. The molecule has 0 N–H and O–H groups in total. The maximum atomic E-state index is 12.6. The molecule has 1 aromatic heterocycles. The van der Waals surface area contributed by atoms with Crippen molar-refractivity contribution in [3.05, 3.63) is 90.1 Å². The van der Waals surface area contributed by atoms with E-state index in [0.29, 0.717) is 5.56 Å². The molecule has 0 atom stereocenters. The summed E-state index contributed by atoms with van der Waals surface area (Å²) >= 11 is 0. The molecule has 0 aliphatic heterocycles. The zero-order valence-corrected chi connectivity index (χ0v) is 15.3. The van der Waals surface area contributed by atoms with Crippen LogP contribution in [0, 0.1) is 6.92 Å². The molecule has 4 aromatic rings. The molecule has 0 spiro atoms. The van der Waals surface area contributed by atoms with E-state index in [0.717, 1.165) is 38.9 Å². The second-order valence-corrected chi connectivity index (χ2v) is 6.40. The summed E-state index contributed by atoms with van der Waals surface area (Å²) < 4.78 is 5.07. The van der Waals surface area contributed by atoms with Crippen LogP contribution in [0.2, 0.25) is 0 Å². The van der Waals surface area contributed by atoms with E-state index < -0.39 is 0 Å². The van der Waals surface area contributed by atoms with Gasteiger partial charge in [0.05, 0.1) is 18.4 Å². The Morgan fingerprint density at radius 3 is 2.37 bits per heavy atom. The van der Waals surface area contributed by atoms with Crippen LogP contribution < -0.4 is 0 Å². The number of nitrogens with zero attached hydrogens (tertiary/aromatic N) is 1. The van der Waals surface area contributed by atoms with E-state index in [1.165, 1.54) is 7.11 Å². The van der Waals surface area contributed by atoms with Crippen LogP contribution in [-0.4, -0.2) is 18.1 Å². The van der Waals surface area contributed by atoms with Gasteiger partial charge < -0.3 is 4.74 Å². The fraction of sp³-hybridized carbons (Fsp3) is 0.0833. The third-order valence-corrected chi connectivity index (χ3v) is 4.73. The van der Waals surface area contributed by atoms with Crippen LogP contribution in [0.15, 0.2) is 78.9 Å². The Hall–Kier alpha value is -3.46. The van der Waals surface area contributed by atoms with Crippen molar-refractivity contribution in [2.24, 2.45) is 0 Å². The zero-order chi connectivity index (χ0) is 18.8. The van der Waals surface area contributed by atoms with E-state index in [-0.39, 0.29) is 5.97 Å². The summed E-state index contributed by atoms with van der Waals surface area (Å²) in [6.07, 6.45) is 0. The normalized spacial score (nSPS) is 10.7. The van der Waals surface area contributed by atoms with Gasteiger partial charge in [0.15, 0.2) is 0 Å². The smallest absolute Gasteiger partial charge is 0.338 e. The first-order valence-electron chi connectivity index (χ1n) is 8.82. The van der Waals surface area contributed by atoms with Crippen molar-refractivity contribution in [3.63, 3.8) is 0 Å². The highest BCUT2D eigenvalue weighted by Crippen LogP contribution is 2.33. The number of methoxy groups -OCH3 is 1. The topological polar surface area (TPSA) is 39.2 Å². The molecule has 0 bridgehead atoms. The summed E-state index contributed by atoms with van der Waals surface area (Å²) in [6, 6.07) is 26.0. The minimum atomic E-state index is -0.360. The highest BCUT2D eigenvalue weighted by molar-refractivity contribution is 6.01. The van der Waals surface area contributed by atoms with Crippen LogP contribution in [-0.2, 0) is 4.74 Å². The minimum absolute atomic E-state index is 0.360. The highest BCUT2D eigenvalue weighted by atomic mass is 16.5. The Bertz CT molecular complexity index is 1130. The van der Waals surface area contributed by atoms with E-state index in [2.05, 4.69) is 18.2 Å². The Morgan fingerprint density at radius 2 is 1.59 bits per heavy atom. The first-order valence-corrected chi connectivity index (χ1v) is 8.82. The fourth-order valence-corrected chi connectivity index (χ4v) is 3.50. The summed E-state index contributed by atoms with van der Waals surface area (Å²) in [5, 5.41) is 2.25. The Labute approximate surface area is 158 Å². The van der Waals surface area contributed by atoms with Gasteiger partial charge in [0, 0.05) is 16.8 Å². The lowest BCUT2D eigenvalue weighted by Gasteiger charge is -2.14. The van der Waals surface area contributed by atoms with Gasteiger partial charge in [-0.1, -0.05) is 72.8 Å². The van der Waals surface area contributed by atoms with Crippen molar-refractivity contribution in [1.29, 1.82) is 0 Å². The first-order chi connectivity index (χ1) is 13.2. The van der Waals surface area contributed by atoms with Crippen LogP contribution in [0.1, 0.15) is 16.1 Å². The standard InChI is InChI=1S/C24H19NO2/c1-16-23(18-10-4-3-5-11-18)21(24(26)27-2)15-22(25-16)20-14-8-12-17-9-6-7-13-19(17)20/h3-15H,1-2H3. The number of esters is 1. The zero-order valence-electron chi connectivity index (χ0n) is 15.3. The van der Waals surface area contributed by atoms with E-state index in [4.69, 9.17) is 9.72 Å². The number of hydrogen-bond acceptors (Lipinski definition) is 3. The lowest BCUT2D eigenvalue weighted by Crippen LogP contribution is -2.07. The predicted octanol–water partition coefficient (Wildman–Crippen LogP) is 5.66.